The molecule has 1 heterocycles. The van der Waals surface area contributed by atoms with Gasteiger partial charge in [0.2, 0.25) is 0 Å². The molecule has 0 aliphatic heterocycles. The number of halogens is 1. The second-order valence-electron chi connectivity index (χ2n) is 3.15. The molecule has 5 heteroatoms. The molecule has 3 nitrogen and oxygen atoms in total. The summed E-state index contributed by atoms with van der Waals surface area (Å²) in [5.74, 6) is 0. The zero-order chi connectivity index (χ0) is 11.5. The maximum atomic E-state index is 10.1. The lowest BCUT2D eigenvalue weighted by Crippen LogP contribution is -1.98. The number of nitrogens with zero attached hydrogens (tertiary/aromatic N) is 2. The van der Waals surface area contributed by atoms with E-state index in [0.29, 0.717) is 15.7 Å². The smallest absolute Gasteiger partial charge is 0.123 e. The van der Waals surface area contributed by atoms with Crippen LogP contribution in [0.4, 0.5) is 0 Å². The third kappa shape index (κ3) is 2.14. The average molecular weight is 295 g/mol. The number of rotatable bonds is 2. The Morgan fingerprint density at radius 1 is 1.50 bits per heavy atom. The fraction of sp³-hybridized carbons (Fsp3) is 0.0909. The second-order valence-corrected chi connectivity index (χ2v) is 4.78. The van der Waals surface area contributed by atoms with Crippen molar-refractivity contribution >= 4 is 27.3 Å². The minimum Gasteiger partial charge on any atom is -0.383 e. The van der Waals surface area contributed by atoms with E-state index >= 15 is 0 Å². The quantitative estimate of drug-likeness (QED) is 0.926. The van der Waals surface area contributed by atoms with Crippen LogP contribution in [0.15, 0.2) is 34.4 Å². The van der Waals surface area contributed by atoms with Crippen LogP contribution in [-0.4, -0.2) is 10.1 Å². The highest BCUT2D eigenvalue weighted by Crippen LogP contribution is 2.31. The van der Waals surface area contributed by atoms with Crippen LogP contribution in [0.1, 0.15) is 22.1 Å². The van der Waals surface area contributed by atoms with Gasteiger partial charge in [-0.05, 0) is 33.6 Å². The van der Waals surface area contributed by atoms with Gasteiger partial charge >= 0.3 is 0 Å². The summed E-state index contributed by atoms with van der Waals surface area (Å²) in [6.45, 7) is 0. The topological polar surface area (TPSA) is 56.9 Å². The zero-order valence-corrected chi connectivity index (χ0v) is 10.5. The van der Waals surface area contributed by atoms with Crippen LogP contribution >= 0.6 is 27.3 Å². The lowest BCUT2D eigenvalue weighted by atomic mass is 10.1. The molecule has 1 unspecified atom stereocenters. The van der Waals surface area contributed by atoms with Gasteiger partial charge in [-0.25, -0.2) is 4.98 Å². The molecule has 1 aromatic heterocycles. The lowest BCUT2D eigenvalue weighted by Gasteiger charge is -2.09. The maximum absolute atomic E-state index is 10.1. The second kappa shape index (κ2) is 4.74. The van der Waals surface area contributed by atoms with Crippen LogP contribution in [0.3, 0.4) is 0 Å². The van der Waals surface area contributed by atoms with E-state index in [9.17, 15) is 5.11 Å². The molecule has 0 fully saturated rings. The number of nitriles is 1. The molecular weight excluding hydrogens is 288 g/mol. The van der Waals surface area contributed by atoms with Crippen LogP contribution in [-0.2, 0) is 0 Å². The van der Waals surface area contributed by atoms with E-state index in [0.717, 1.165) is 4.88 Å². The molecule has 1 aromatic carbocycles. The van der Waals surface area contributed by atoms with Gasteiger partial charge in [0.25, 0.3) is 0 Å². The van der Waals surface area contributed by atoms with E-state index in [4.69, 9.17) is 5.26 Å². The Morgan fingerprint density at radius 3 is 2.94 bits per heavy atom. The zero-order valence-electron chi connectivity index (χ0n) is 8.09. The molecular formula is C11H7BrN2OS. The molecule has 0 spiro atoms. The van der Waals surface area contributed by atoms with E-state index in [-0.39, 0.29) is 0 Å². The third-order valence-electron chi connectivity index (χ3n) is 2.13. The Kier molecular flexibility index (Phi) is 3.34. The molecule has 0 aliphatic rings. The highest BCUT2D eigenvalue weighted by molar-refractivity contribution is 9.10. The molecule has 16 heavy (non-hydrogen) atoms. The summed E-state index contributed by atoms with van der Waals surface area (Å²) in [5.41, 5.74) is 2.90. The molecule has 1 atom stereocenters. The normalized spacial score (nSPS) is 12.1. The molecule has 0 amide bonds. The Hall–Kier alpha value is -1.22. The molecule has 1 N–H and O–H groups in total. The molecule has 2 aromatic rings. The molecule has 0 radical (unpaired) electrons. The number of aliphatic hydroxyl groups is 1. The SMILES string of the molecule is N#Cc1cccc(C(O)c2scnc2Br)c1. The van der Waals surface area contributed by atoms with Crippen LogP contribution in [0, 0.1) is 11.3 Å². The fourth-order valence-corrected chi connectivity index (χ4v) is 2.77. The first-order valence-electron chi connectivity index (χ1n) is 4.49. The minimum atomic E-state index is -0.741. The van der Waals surface area contributed by atoms with Gasteiger partial charge in [0.15, 0.2) is 0 Å². The summed E-state index contributed by atoms with van der Waals surface area (Å²) in [6, 6.07) is 8.98. The highest BCUT2D eigenvalue weighted by Gasteiger charge is 2.16. The van der Waals surface area contributed by atoms with E-state index in [1.165, 1.54) is 11.3 Å². The first-order chi connectivity index (χ1) is 7.72. The summed E-state index contributed by atoms with van der Waals surface area (Å²) in [5, 5.41) is 18.9. The van der Waals surface area contributed by atoms with Gasteiger partial charge in [-0.3, -0.25) is 0 Å². The number of hydrogen-bond donors (Lipinski definition) is 1. The van der Waals surface area contributed by atoms with Gasteiger partial charge in [-0.2, -0.15) is 5.26 Å². The predicted molar refractivity (Wildman–Crippen MR) is 65.0 cm³/mol. The molecule has 0 saturated carbocycles. The summed E-state index contributed by atoms with van der Waals surface area (Å²) in [6.07, 6.45) is -0.741. The number of hydrogen-bond acceptors (Lipinski definition) is 4. The van der Waals surface area contributed by atoms with Crippen LogP contribution in [0.5, 0.6) is 0 Å². The molecule has 0 bridgehead atoms. The summed E-state index contributed by atoms with van der Waals surface area (Å²) < 4.78 is 0.646. The molecule has 0 saturated heterocycles. The standard InChI is InChI=1S/C11H7BrN2OS/c12-11-10(16-6-14-11)9(15)8-3-1-2-7(4-8)5-13/h1-4,6,9,15H. The van der Waals surface area contributed by atoms with Crippen molar-refractivity contribution in [1.82, 2.24) is 4.98 Å². The van der Waals surface area contributed by atoms with Crippen molar-refractivity contribution in [3.63, 3.8) is 0 Å². The minimum absolute atomic E-state index is 0.539. The van der Waals surface area contributed by atoms with Crippen molar-refractivity contribution in [1.29, 1.82) is 5.26 Å². The maximum Gasteiger partial charge on any atom is 0.123 e. The Balaban J connectivity index is 2.38. The van der Waals surface area contributed by atoms with Crippen molar-refractivity contribution in [2.24, 2.45) is 0 Å². The molecule has 80 valence electrons. The van der Waals surface area contributed by atoms with Gasteiger partial charge < -0.3 is 5.11 Å². The Bertz CT molecular complexity index is 547. The lowest BCUT2D eigenvalue weighted by molar-refractivity contribution is 0.223. The number of benzene rings is 1. The van der Waals surface area contributed by atoms with E-state index in [1.807, 2.05) is 6.07 Å². The first kappa shape index (κ1) is 11.3. The van der Waals surface area contributed by atoms with Gasteiger partial charge in [-0.1, -0.05) is 12.1 Å². The molecule has 0 aliphatic carbocycles. The van der Waals surface area contributed by atoms with Crippen LogP contribution in [0.25, 0.3) is 0 Å². The average Bonchev–Trinajstić information content (AvgIpc) is 2.74. The number of aromatic nitrogens is 1. The van der Waals surface area contributed by atoms with Gasteiger partial charge in [-0.15, -0.1) is 11.3 Å². The largest absolute Gasteiger partial charge is 0.383 e. The Morgan fingerprint density at radius 2 is 2.31 bits per heavy atom. The molecule has 2 rings (SSSR count). The van der Waals surface area contributed by atoms with Crippen LogP contribution < -0.4 is 0 Å². The Labute approximate surface area is 105 Å². The van der Waals surface area contributed by atoms with Crippen LogP contribution in [0.2, 0.25) is 0 Å². The van der Waals surface area contributed by atoms with Gasteiger partial charge in [0.1, 0.15) is 10.7 Å². The predicted octanol–water partition coefficient (Wildman–Crippen LogP) is 2.86. The monoisotopic (exact) mass is 294 g/mol. The van der Waals surface area contributed by atoms with Crippen molar-refractivity contribution in [3.8, 4) is 6.07 Å². The van der Waals surface area contributed by atoms with E-state index < -0.39 is 6.10 Å². The van der Waals surface area contributed by atoms with Gasteiger partial charge in [0.05, 0.1) is 22.0 Å². The van der Waals surface area contributed by atoms with Crippen molar-refractivity contribution in [2.45, 2.75) is 6.10 Å². The first-order valence-corrected chi connectivity index (χ1v) is 6.16. The fourth-order valence-electron chi connectivity index (χ4n) is 1.35. The van der Waals surface area contributed by atoms with Crippen molar-refractivity contribution in [3.05, 3.63) is 50.4 Å². The van der Waals surface area contributed by atoms with E-state index in [1.54, 1.807) is 29.8 Å². The summed E-state index contributed by atoms with van der Waals surface area (Å²) in [7, 11) is 0. The van der Waals surface area contributed by atoms with Crippen molar-refractivity contribution < 1.29 is 5.11 Å². The summed E-state index contributed by atoms with van der Waals surface area (Å²) in [4.78, 5) is 4.76. The number of aliphatic hydroxyl groups excluding tert-OH is 1. The van der Waals surface area contributed by atoms with Crippen molar-refractivity contribution in [2.75, 3.05) is 0 Å². The number of thiazole rings is 1. The third-order valence-corrected chi connectivity index (χ3v) is 3.90. The van der Waals surface area contributed by atoms with E-state index in [2.05, 4.69) is 20.9 Å². The van der Waals surface area contributed by atoms with Gasteiger partial charge in [0, 0.05) is 0 Å². The highest BCUT2D eigenvalue weighted by atomic mass is 79.9. The summed E-state index contributed by atoms with van der Waals surface area (Å²) >= 11 is 4.65.